The summed E-state index contributed by atoms with van der Waals surface area (Å²) in [5, 5.41) is 7.16. The Morgan fingerprint density at radius 2 is 1.50 bits per heavy atom. The molecule has 0 fully saturated rings. The highest BCUT2D eigenvalue weighted by Crippen LogP contribution is 2.24. The molecule has 120 valence electrons. The average Bonchev–Trinajstić information content (AvgIpc) is 2.57. The van der Waals surface area contributed by atoms with Crippen molar-refractivity contribution >= 4 is 49.9 Å². The first-order chi connectivity index (χ1) is 11.5. The molecule has 0 heterocycles. The second kappa shape index (κ2) is 6.84. The maximum Gasteiger partial charge on any atom is 0.314 e. The molecule has 24 heavy (non-hydrogen) atoms. The fraction of sp³-hybridized carbons (Fsp3) is 0.0526. The van der Waals surface area contributed by atoms with E-state index in [1.165, 1.54) is 0 Å². The third-order valence-electron chi connectivity index (χ3n) is 3.62. The number of aryl methyl sites for hydroxylation is 1. The summed E-state index contributed by atoms with van der Waals surface area (Å²) in [7, 11) is 0. The van der Waals surface area contributed by atoms with Gasteiger partial charge in [-0.3, -0.25) is 9.59 Å². The smallest absolute Gasteiger partial charge is 0.314 e. The van der Waals surface area contributed by atoms with Crippen molar-refractivity contribution in [1.82, 2.24) is 0 Å². The topological polar surface area (TPSA) is 58.2 Å². The highest BCUT2D eigenvalue weighted by molar-refractivity contribution is 9.10. The standard InChI is InChI=1S/C19H15BrN2O2/c1-12-9-10-17(15(20)11-12)22-19(24)18(23)21-16-8-4-6-13-5-2-3-7-14(13)16/h2-11H,1H3,(H,21,23)(H,22,24). The van der Waals surface area contributed by atoms with Gasteiger partial charge in [0, 0.05) is 15.5 Å². The Labute approximate surface area is 148 Å². The first kappa shape index (κ1) is 16.2. The molecule has 2 amide bonds. The van der Waals surface area contributed by atoms with E-state index in [1.807, 2.05) is 55.5 Å². The van der Waals surface area contributed by atoms with Gasteiger partial charge in [-0.1, -0.05) is 42.5 Å². The molecule has 0 aliphatic heterocycles. The fourth-order valence-electron chi connectivity index (χ4n) is 2.41. The number of hydrogen-bond donors (Lipinski definition) is 2. The Kier molecular flexibility index (Phi) is 4.62. The van der Waals surface area contributed by atoms with Gasteiger partial charge in [-0.25, -0.2) is 0 Å². The number of anilines is 2. The van der Waals surface area contributed by atoms with Crippen LogP contribution < -0.4 is 10.6 Å². The quantitative estimate of drug-likeness (QED) is 0.641. The summed E-state index contributed by atoms with van der Waals surface area (Å²) in [6.07, 6.45) is 0. The number of rotatable bonds is 2. The first-order valence-corrected chi connectivity index (χ1v) is 8.20. The molecule has 4 nitrogen and oxygen atoms in total. The second-order valence-electron chi connectivity index (χ2n) is 5.42. The van der Waals surface area contributed by atoms with Gasteiger partial charge in [-0.2, -0.15) is 0 Å². The van der Waals surface area contributed by atoms with Gasteiger partial charge >= 0.3 is 11.8 Å². The van der Waals surface area contributed by atoms with E-state index in [9.17, 15) is 9.59 Å². The molecule has 0 bridgehead atoms. The molecule has 3 aromatic carbocycles. The van der Waals surface area contributed by atoms with Gasteiger partial charge in [0.15, 0.2) is 0 Å². The molecule has 0 unspecified atom stereocenters. The van der Waals surface area contributed by atoms with E-state index in [1.54, 1.807) is 12.1 Å². The summed E-state index contributed by atoms with van der Waals surface area (Å²) >= 11 is 3.38. The molecule has 3 rings (SSSR count). The molecule has 0 radical (unpaired) electrons. The summed E-state index contributed by atoms with van der Waals surface area (Å²) in [5.74, 6) is -1.42. The van der Waals surface area contributed by atoms with Crippen molar-refractivity contribution in [3.63, 3.8) is 0 Å². The number of nitrogens with one attached hydrogen (secondary N) is 2. The van der Waals surface area contributed by atoms with Gasteiger partial charge < -0.3 is 10.6 Å². The Bertz CT molecular complexity index is 932. The van der Waals surface area contributed by atoms with Crippen LogP contribution in [0.25, 0.3) is 10.8 Å². The van der Waals surface area contributed by atoms with Crippen molar-refractivity contribution < 1.29 is 9.59 Å². The number of benzene rings is 3. The van der Waals surface area contributed by atoms with Crippen LogP contribution in [-0.4, -0.2) is 11.8 Å². The summed E-state index contributed by atoms with van der Waals surface area (Å²) < 4.78 is 0.730. The largest absolute Gasteiger partial charge is 0.317 e. The van der Waals surface area contributed by atoms with Crippen molar-refractivity contribution in [3.05, 3.63) is 70.7 Å². The van der Waals surface area contributed by atoms with Crippen LogP contribution in [0.15, 0.2) is 65.1 Å². The maximum absolute atomic E-state index is 12.2. The molecule has 5 heteroatoms. The van der Waals surface area contributed by atoms with E-state index in [-0.39, 0.29) is 0 Å². The Morgan fingerprint density at radius 3 is 2.25 bits per heavy atom. The third kappa shape index (κ3) is 3.46. The van der Waals surface area contributed by atoms with Crippen LogP contribution in [0.5, 0.6) is 0 Å². The van der Waals surface area contributed by atoms with E-state index in [4.69, 9.17) is 0 Å². The number of fused-ring (bicyclic) bond motifs is 1. The van der Waals surface area contributed by atoms with E-state index < -0.39 is 11.8 Å². The molecule has 0 saturated heterocycles. The van der Waals surface area contributed by atoms with Crippen LogP contribution in [0, 0.1) is 6.92 Å². The van der Waals surface area contributed by atoms with Crippen LogP contribution in [0.1, 0.15) is 5.56 Å². The summed E-state index contributed by atoms with van der Waals surface area (Å²) in [6, 6.07) is 18.7. The van der Waals surface area contributed by atoms with Crippen molar-refractivity contribution in [2.45, 2.75) is 6.92 Å². The Morgan fingerprint density at radius 1 is 0.833 bits per heavy atom. The molecular weight excluding hydrogens is 368 g/mol. The predicted octanol–water partition coefficient (Wildman–Crippen LogP) is 4.49. The van der Waals surface area contributed by atoms with Crippen LogP contribution in [-0.2, 0) is 9.59 Å². The van der Waals surface area contributed by atoms with E-state index in [0.717, 1.165) is 20.8 Å². The van der Waals surface area contributed by atoms with Gasteiger partial charge in [0.25, 0.3) is 0 Å². The lowest BCUT2D eigenvalue weighted by Crippen LogP contribution is -2.29. The Hall–Kier alpha value is -2.66. The van der Waals surface area contributed by atoms with Crippen molar-refractivity contribution in [2.24, 2.45) is 0 Å². The van der Waals surface area contributed by atoms with Gasteiger partial charge in [0.2, 0.25) is 0 Å². The predicted molar refractivity (Wildman–Crippen MR) is 100 cm³/mol. The molecule has 3 aromatic rings. The molecular formula is C19H15BrN2O2. The zero-order valence-corrected chi connectivity index (χ0v) is 14.6. The SMILES string of the molecule is Cc1ccc(NC(=O)C(=O)Nc2cccc3ccccc23)c(Br)c1. The van der Waals surface area contributed by atoms with Gasteiger partial charge in [-0.05, 0) is 52.0 Å². The third-order valence-corrected chi connectivity index (χ3v) is 4.27. The first-order valence-electron chi connectivity index (χ1n) is 7.41. The van der Waals surface area contributed by atoms with E-state index in [0.29, 0.717) is 11.4 Å². The summed E-state index contributed by atoms with van der Waals surface area (Å²) in [5.41, 5.74) is 2.22. The summed E-state index contributed by atoms with van der Waals surface area (Å²) in [4.78, 5) is 24.3. The molecule has 0 aromatic heterocycles. The lowest BCUT2D eigenvalue weighted by molar-refractivity contribution is -0.132. The molecule has 0 aliphatic rings. The molecule has 0 atom stereocenters. The number of carbonyl (C=O) groups is 2. The average molecular weight is 383 g/mol. The zero-order valence-electron chi connectivity index (χ0n) is 13.0. The lowest BCUT2D eigenvalue weighted by atomic mass is 10.1. The molecule has 0 aliphatic carbocycles. The van der Waals surface area contributed by atoms with E-state index in [2.05, 4.69) is 26.6 Å². The lowest BCUT2D eigenvalue weighted by Gasteiger charge is -2.10. The monoisotopic (exact) mass is 382 g/mol. The van der Waals surface area contributed by atoms with Gasteiger partial charge in [-0.15, -0.1) is 0 Å². The van der Waals surface area contributed by atoms with Crippen molar-refractivity contribution in [1.29, 1.82) is 0 Å². The Balaban J connectivity index is 1.77. The van der Waals surface area contributed by atoms with Crippen LogP contribution in [0.3, 0.4) is 0 Å². The van der Waals surface area contributed by atoms with Crippen LogP contribution in [0.4, 0.5) is 11.4 Å². The minimum absolute atomic E-state index is 0.554. The molecule has 2 N–H and O–H groups in total. The second-order valence-corrected chi connectivity index (χ2v) is 6.27. The highest BCUT2D eigenvalue weighted by Gasteiger charge is 2.16. The van der Waals surface area contributed by atoms with Gasteiger partial charge in [0.05, 0.1) is 5.69 Å². The number of hydrogen-bond acceptors (Lipinski definition) is 2. The van der Waals surface area contributed by atoms with E-state index >= 15 is 0 Å². The maximum atomic E-state index is 12.2. The highest BCUT2D eigenvalue weighted by atomic mass is 79.9. The van der Waals surface area contributed by atoms with Crippen molar-refractivity contribution in [2.75, 3.05) is 10.6 Å². The number of amides is 2. The minimum Gasteiger partial charge on any atom is -0.317 e. The zero-order chi connectivity index (χ0) is 17.1. The summed E-state index contributed by atoms with van der Waals surface area (Å²) in [6.45, 7) is 1.95. The minimum atomic E-state index is -0.715. The van der Waals surface area contributed by atoms with Gasteiger partial charge in [0.1, 0.15) is 0 Å². The van der Waals surface area contributed by atoms with Crippen LogP contribution in [0.2, 0.25) is 0 Å². The number of carbonyl (C=O) groups excluding carboxylic acids is 2. The van der Waals surface area contributed by atoms with Crippen LogP contribution >= 0.6 is 15.9 Å². The molecule has 0 saturated carbocycles. The normalized spacial score (nSPS) is 10.4. The van der Waals surface area contributed by atoms with Crippen molar-refractivity contribution in [3.8, 4) is 0 Å². The fourth-order valence-corrected chi connectivity index (χ4v) is 3.01. The number of halogens is 1. The molecule has 0 spiro atoms.